The Morgan fingerprint density at radius 1 is 1.35 bits per heavy atom. The molecule has 4 nitrogen and oxygen atoms in total. The highest BCUT2D eigenvalue weighted by molar-refractivity contribution is 6.14. The molecule has 0 fully saturated rings. The summed E-state index contributed by atoms with van der Waals surface area (Å²) in [5.74, 6) is 0.241. The number of nitriles is 1. The number of methoxy groups -OCH3 is 1. The minimum Gasteiger partial charge on any atom is -0.497 e. The van der Waals surface area contributed by atoms with Gasteiger partial charge in [-0.3, -0.25) is 9.78 Å². The van der Waals surface area contributed by atoms with Crippen LogP contribution in [0.25, 0.3) is 6.08 Å². The van der Waals surface area contributed by atoms with Crippen molar-refractivity contribution in [2.75, 3.05) is 7.11 Å². The summed E-state index contributed by atoms with van der Waals surface area (Å²) in [5, 5.41) is 9.15. The van der Waals surface area contributed by atoms with Crippen LogP contribution in [-0.4, -0.2) is 17.9 Å². The van der Waals surface area contributed by atoms with Crippen molar-refractivity contribution >= 4 is 11.9 Å². The molecule has 0 saturated carbocycles. The molecule has 0 aliphatic heterocycles. The number of benzene rings is 1. The van der Waals surface area contributed by atoms with E-state index in [-0.39, 0.29) is 11.4 Å². The molecule has 0 atom stereocenters. The third-order valence-corrected chi connectivity index (χ3v) is 2.69. The standard InChI is InChI=1S/C16H12N2O2/c1-20-15-6-2-5-13(9-15)16(19)14(10-17)8-12-4-3-7-18-11-12/h2-9,11H,1H3/b14-8+. The number of carbonyl (C=O) groups excluding carboxylic acids is 1. The maximum absolute atomic E-state index is 12.3. The Labute approximate surface area is 117 Å². The van der Waals surface area contributed by atoms with Gasteiger partial charge in [0.1, 0.15) is 17.4 Å². The number of carbonyl (C=O) groups is 1. The zero-order valence-electron chi connectivity index (χ0n) is 10.9. The molecular formula is C16H12N2O2. The highest BCUT2D eigenvalue weighted by Gasteiger charge is 2.12. The van der Waals surface area contributed by atoms with E-state index in [0.29, 0.717) is 16.9 Å². The van der Waals surface area contributed by atoms with E-state index in [0.717, 1.165) is 0 Å². The molecule has 0 amide bonds. The highest BCUT2D eigenvalue weighted by atomic mass is 16.5. The van der Waals surface area contributed by atoms with Gasteiger partial charge in [-0.1, -0.05) is 18.2 Å². The van der Waals surface area contributed by atoms with Crippen molar-refractivity contribution in [3.63, 3.8) is 0 Å². The summed E-state index contributed by atoms with van der Waals surface area (Å²) in [4.78, 5) is 16.2. The summed E-state index contributed by atoms with van der Waals surface area (Å²) in [6.07, 6.45) is 4.75. The van der Waals surface area contributed by atoms with E-state index >= 15 is 0 Å². The van der Waals surface area contributed by atoms with Gasteiger partial charge in [-0.15, -0.1) is 0 Å². The molecule has 2 rings (SSSR count). The monoisotopic (exact) mass is 264 g/mol. The van der Waals surface area contributed by atoms with Crippen LogP contribution in [-0.2, 0) is 0 Å². The lowest BCUT2D eigenvalue weighted by molar-refractivity contribution is 0.103. The van der Waals surface area contributed by atoms with Gasteiger partial charge in [0, 0.05) is 18.0 Å². The number of aromatic nitrogens is 1. The molecule has 0 radical (unpaired) electrons. The molecule has 0 saturated heterocycles. The Kier molecular flexibility index (Phi) is 4.25. The molecule has 0 spiro atoms. The Bertz CT molecular complexity index is 685. The first-order chi connectivity index (χ1) is 9.74. The summed E-state index contributed by atoms with van der Waals surface area (Å²) in [5.41, 5.74) is 1.19. The fourth-order valence-corrected chi connectivity index (χ4v) is 1.70. The lowest BCUT2D eigenvalue weighted by Crippen LogP contribution is -2.02. The largest absolute Gasteiger partial charge is 0.497 e. The summed E-state index contributed by atoms with van der Waals surface area (Å²) in [6.45, 7) is 0. The lowest BCUT2D eigenvalue weighted by Gasteiger charge is -2.03. The van der Waals surface area contributed by atoms with E-state index in [1.807, 2.05) is 6.07 Å². The molecule has 0 aliphatic carbocycles. The summed E-state index contributed by atoms with van der Waals surface area (Å²) in [6, 6.07) is 12.2. The first kappa shape index (κ1) is 13.5. The zero-order valence-corrected chi connectivity index (χ0v) is 10.9. The Morgan fingerprint density at radius 2 is 2.20 bits per heavy atom. The van der Waals surface area contributed by atoms with Crippen molar-refractivity contribution in [2.24, 2.45) is 0 Å². The van der Waals surface area contributed by atoms with E-state index < -0.39 is 0 Å². The van der Waals surface area contributed by atoms with Crippen LogP contribution in [0.1, 0.15) is 15.9 Å². The maximum Gasteiger partial charge on any atom is 0.203 e. The van der Waals surface area contributed by atoms with Gasteiger partial charge in [-0.2, -0.15) is 5.26 Å². The van der Waals surface area contributed by atoms with E-state index in [2.05, 4.69) is 4.98 Å². The Morgan fingerprint density at radius 3 is 2.85 bits per heavy atom. The molecular weight excluding hydrogens is 252 g/mol. The summed E-state index contributed by atoms with van der Waals surface area (Å²) < 4.78 is 5.07. The van der Waals surface area contributed by atoms with Crippen molar-refractivity contribution < 1.29 is 9.53 Å². The number of ketones is 1. The molecule has 0 N–H and O–H groups in total. The predicted molar refractivity (Wildman–Crippen MR) is 75.2 cm³/mol. The molecule has 0 bridgehead atoms. The van der Waals surface area contributed by atoms with Crippen LogP contribution in [0.5, 0.6) is 5.75 Å². The summed E-state index contributed by atoms with van der Waals surface area (Å²) >= 11 is 0. The van der Waals surface area contributed by atoms with Crippen LogP contribution in [0.2, 0.25) is 0 Å². The van der Waals surface area contributed by atoms with Gasteiger partial charge in [0.2, 0.25) is 5.78 Å². The van der Waals surface area contributed by atoms with E-state index in [1.165, 1.54) is 13.2 Å². The lowest BCUT2D eigenvalue weighted by atomic mass is 10.0. The smallest absolute Gasteiger partial charge is 0.203 e. The topological polar surface area (TPSA) is 63.0 Å². The number of hydrogen-bond donors (Lipinski definition) is 0. The van der Waals surface area contributed by atoms with Crippen molar-refractivity contribution in [2.45, 2.75) is 0 Å². The third-order valence-electron chi connectivity index (χ3n) is 2.69. The maximum atomic E-state index is 12.3. The molecule has 4 heteroatoms. The molecule has 2 aromatic rings. The van der Waals surface area contributed by atoms with Gasteiger partial charge in [0.15, 0.2) is 0 Å². The second-order valence-corrected chi connectivity index (χ2v) is 4.02. The SMILES string of the molecule is COc1cccc(C(=O)/C(C#N)=C/c2cccnc2)c1. The van der Waals surface area contributed by atoms with Crippen LogP contribution in [0.4, 0.5) is 0 Å². The van der Waals surface area contributed by atoms with Crippen LogP contribution < -0.4 is 4.74 Å². The summed E-state index contributed by atoms with van der Waals surface area (Å²) in [7, 11) is 1.53. The second-order valence-electron chi connectivity index (χ2n) is 4.02. The molecule has 0 unspecified atom stereocenters. The fraction of sp³-hybridized carbons (Fsp3) is 0.0625. The molecule has 98 valence electrons. The molecule has 1 aromatic carbocycles. The van der Waals surface area contributed by atoms with Crippen molar-refractivity contribution in [1.29, 1.82) is 5.26 Å². The van der Waals surface area contributed by atoms with Crippen molar-refractivity contribution in [3.8, 4) is 11.8 Å². The average Bonchev–Trinajstić information content (AvgIpc) is 2.53. The van der Waals surface area contributed by atoms with Gasteiger partial charge < -0.3 is 4.74 Å². The number of hydrogen-bond acceptors (Lipinski definition) is 4. The van der Waals surface area contributed by atoms with Gasteiger partial charge in [0.25, 0.3) is 0 Å². The van der Waals surface area contributed by atoms with Crippen LogP contribution in [0.15, 0.2) is 54.4 Å². The van der Waals surface area contributed by atoms with Crippen LogP contribution in [0.3, 0.4) is 0 Å². The van der Waals surface area contributed by atoms with Crippen LogP contribution in [0, 0.1) is 11.3 Å². The quantitative estimate of drug-likeness (QED) is 0.484. The van der Waals surface area contributed by atoms with Crippen molar-refractivity contribution in [3.05, 3.63) is 65.5 Å². The number of Topliss-reactive ketones (excluding diaryl/α,β-unsaturated/α-hetero) is 1. The molecule has 1 aromatic heterocycles. The molecule has 20 heavy (non-hydrogen) atoms. The normalized spacial score (nSPS) is 10.7. The molecule has 1 heterocycles. The van der Waals surface area contributed by atoms with Gasteiger partial charge >= 0.3 is 0 Å². The fourth-order valence-electron chi connectivity index (χ4n) is 1.70. The minimum absolute atomic E-state index is 0.0613. The third kappa shape index (κ3) is 3.09. The first-order valence-corrected chi connectivity index (χ1v) is 5.95. The highest BCUT2D eigenvalue weighted by Crippen LogP contribution is 2.17. The van der Waals surface area contributed by atoms with Crippen LogP contribution >= 0.6 is 0 Å². The number of rotatable bonds is 4. The van der Waals surface area contributed by atoms with E-state index in [1.54, 1.807) is 48.8 Å². The van der Waals surface area contributed by atoms with Gasteiger partial charge in [0.05, 0.1) is 7.11 Å². The van der Waals surface area contributed by atoms with Crippen molar-refractivity contribution in [1.82, 2.24) is 4.98 Å². The number of allylic oxidation sites excluding steroid dienone is 1. The number of nitrogens with zero attached hydrogens (tertiary/aromatic N) is 2. The number of ether oxygens (including phenoxy) is 1. The second kappa shape index (κ2) is 6.30. The Hall–Kier alpha value is -2.93. The van der Waals surface area contributed by atoms with Gasteiger partial charge in [-0.25, -0.2) is 0 Å². The minimum atomic E-state index is -0.338. The van der Waals surface area contributed by atoms with E-state index in [4.69, 9.17) is 10.00 Å². The van der Waals surface area contributed by atoms with Gasteiger partial charge in [-0.05, 0) is 29.8 Å². The average molecular weight is 264 g/mol. The zero-order chi connectivity index (χ0) is 14.4. The Balaban J connectivity index is 2.35. The number of pyridine rings is 1. The predicted octanol–water partition coefficient (Wildman–Crippen LogP) is 2.88. The van der Waals surface area contributed by atoms with E-state index in [9.17, 15) is 4.79 Å². The molecule has 0 aliphatic rings. The first-order valence-electron chi connectivity index (χ1n) is 5.95.